The first kappa shape index (κ1) is 21.3. The molecule has 1 amide bonds. The summed E-state index contributed by atoms with van der Waals surface area (Å²) in [6.07, 6.45) is 3.49. The molecular formula is C20H19ClN10O. The van der Waals surface area contributed by atoms with Crippen molar-refractivity contribution < 1.29 is 4.79 Å². The van der Waals surface area contributed by atoms with Crippen molar-refractivity contribution in [1.82, 2.24) is 24.5 Å². The molecule has 2 heterocycles. The SMILES string of the molecule is [C-]#[N+]c1cnc2c(NC3CC3)nc(Nc3cc(C#N)cc(NC(=O)CN(C)C)c3Cl)nn12. The van der Waals surface area contributed by atoms with Gasteiger partial charge in [-0.15, -0.1) is 4.52 Å². The Balaban J connectivity index is 1.71. The van der Waals surface area contributed by atoms with Gasteiger partial charge in [-0.25, -0.2) is 4.98 Å². The number of hydrogen-bond acceptors (Lipinski definition) is 8. The van der Waals surface area contributed by atoms with Gasteiger partial charge >= 0.3 is 0 Å². The van der Waals surface area contributed by atoms with Crippen LogP contribution in [0.2, 0.25) is 5.02 Å². The molecule has 11 nitrogen and oxygen atoms in total. The highest BCUT2D eigenvalue weighted by Gasteiger charge is 2.25. The van der Waals surface area contributed by atoms with Gasteiger partial charge in [-0.05, 0) is 39.1 Å². The van der Waals surface area contributed by atoms with Gasteiger partial charge in [0, 0.05) is 6.04 Å². The summed E-state index contributed by atoms with van der Waals surface area (Å²) in [6.45, 7) is 7.51. The molecule has 1 saturated carbocycles. The Bertz CT molecular complexity index is 1280. The van der Waals surface area contributed by atoms with Crippen molar-refractivity contribution in [3.8, 4) is 6.07 Å². The summed E-state index contributed by atoms with van der Waals surface area (Å²) in [6, 6.07) is 5.40. The maximum atomic E-state index is 12.2. The molecule has 32 heavy (non-hydrogen) atoms. The third-order valence-electron chi connectivity index (χ3n) is 4.56. The van der Waals surface area contributed by atoms with E-state index in [0.717, 1.165) is 12.8 Å². The van der Waals surface area contributed by atoms with Crippen LogP contribution in [-0.4, -0.2) is 57.1 Å². The van der Waals surface area contributed by atoms with Gasteiger partial charge in [0.25, 0.3) is 17.4 Å². The van der Waals surface area contributed by atoms with E-state index < -0.39 is 0 Å². The van der Waals surface area contributed by atoms with Crippen molar-refractivity contribution in [1.29, 1.82) is 5.26 Å². The molecule has 1 aliphatic rings. The number of fused-ring (bicyclic) bond motifs is 1. The molecule has 0 spiro atoms. The van der Waals surface area contributed by atoms with Crippen LogP contribution >= 0.6 is 11.6 Å². The van der Waals surface area contributed by atoms with Crippen LogP contribution in [0.15, 0.2) is 18.3 Å². The maximum Gasteiger partial charge on any atom is 0.275 e. The number of imidazole rings is 1. The van der Waals surface area contributed by atoms with Gasteiger partial charge < -0.3 is 25.7 Å². The van der Waals surface area contributed by atoms with E-state index in [1.165, 1.54) is 22.8 Å². The van der Waals surface area contributed by atoms with Crippen molar-refractivity contribution in [3.63, 3.8) is 0 Å². The number of nitrogens with one attached hydrogen (secondary N) is 3. The van der Waals surface area contributed by atoms with Gasteiger partial charge in [0.15, 0.2) is 5.82 Å². The van der Waals surface area contributed by atoms with Gasteiger partial charge in [0.05, 0.1) is 40.8 Å². The summed E-state index contributed by atoms with van der Waals surface area (Å²) >= 11 is 6.52. The van der Waals surface area contributed by atoms with Crippen molar-refractivity contribution in [2.75, 3.05) is 36.6 Å². The quantitative estimate of drug-likeness (QED) is 0.468. The fraction of sp³-hybridized carbons (Fsp3) is 0.300. The summed E-state index contributed by atoms with van der Waals surface area (Å²) in [5.74, 6) is 0.613. The Morgan fingerprint density at radius 2 is 2.16 bits per heavy atom. The third kappa shape index (κ3) is 4.54. The van der Waals surface area contributed by atoms with Gasteiger partial charge in [-0.2, -0.15) is 10.2 Å². The Hall–Kier alpha value is -3.93. The number of likely N-dealkylation sites (N-methyl/N-ethyl adjacent to an activating group) is 1. The summed E-state index contributed by atoms with van der Waals surface area (Å²) in [5, 5.41) is 23.0. The first-order chi connectivity index (χ1) is 15.4. The van der Waals surface area contributed by atoms with Crippen molar-refractivity contribution >= 4 is 52.1 Å². The second kappa shape index (κ2) is 8.67. The van der Waals surface area contributed by atoms with Gasteiger partial charge in [0.2, 0.25) is 5.91 Å². The van der Waals surface area contributed by atoms with Crippen LogP contribution in [-0.2, 0) is 4.79 Å². The van der Waals surface area contributed by atoms with E-state index in [9.17, 15) is 10.1 Å². The molecule has 1 aliphatic carbocycles. The molecule has 12 heteroatoms. The van der Waals surface area contributed by atoms with E-state index >= 15 is 0 Å². The van der Waals surface area contributed by atoms with Crippen LogP contribution in [0.5, 0.6) is 0 Å². The Morgan fingerprint density at radius 1 is 1.41 bits per heavy atom. The van der Waals surface area contributed by atoms with E-state index in [2.05, 4.69) is 41.9 Å². The molecule has 1 aromatic carbocycles. The van der Waals surface area contributed by atoms with Crippen LogP contribution in [0, 0.1) is 17.9 Å². The number of hydrogen-bond donors (Lipinski definition) is 3. The number of anilines is 4. The summed E-state index contributed by atoms with van der Waals surface area (Å²) < 4.78 is 1.40. The molecule has 0 bridgehead atoms. The van der Waals surface area contributed by atoms with Gasteiger partial charge in [-0.1, -0.05) is 23.3 Å². The maximum absolute atomic E-state index is 12.2. The van der Waals surface area contributed by atoms with Crippen molar-refractivity contribution in [3.05, 3.63) is 40.3 Å². The topological polar surface area (TPSA) is 128 Å². The Morgan fingerprint density at radius 3 is 2.81 bits per heavy atom. The molecule has 0 aliphatic heterocycles. The number of aromatic nitrogens is 4. The first-order valence-corrected chi connectivity index (χ1v) is 10.1. The fourth-order valence-electron chi connectivity index (χ4n) is 2.99. The summed E-state index contributed by atoms with van der Waals surface area (Å²) in [5.41, 5.74) is 1.37. The monoisotopic (exact) mass is 450 g/mol. The molecule has 3 N–H and O–H groups in total. The van der Waals surface area contributed by atoms with Gasteiger partial charge in [0.1, 0.15) is 0 Å². The van der Waals surface area contributed by atoms with E-state index in [4.69, 9.17) is 18.2 Å². The third-order valence-corrected chi connectivity index (χ3v) is 4.97. The van der Waals surface area contributed by atoms with E-state index in [0.29, 0.717) is 34.4 Å². The molecule has 0 unspecified atom stereocenters. The van der Waals surface area contributed by atoms with E-state index in [-0.39, 0.29) is 29.2 Å². The average molecular weight is 451 g/mol. The first-order valence-electron chi connectivity index (χ1n) is 9.73. The Labute approximate surface area is 188 Å². The molecule has 0 saturated heterocycles. The predicted molar refractivity (Wildman–Crippen MR) is 120 cm³/mol. The lowest BCUT2D eigenvalue weighted by Crippen LogP contribution is -2.27. The smallest absolute Gasteiger partial charge is 0.275 e. The number of nitrogens with zero attached hydrogens (tertiary/aromatic N) is 7. The molecule has 1 fully saturated rings. The van der Waals surface area contributed by atoms with Crippen molar-refractivity contribution in [2.45, 2.75) is 18.9 Å². The molecule has 3 aromatic rings. The highest BCUT2D eigenvalue weighted by Crippen LogP contribution is 2.34. The highest BCUT2D eigenvalue weighted by molar-refractivity contribution is 6.36. The zero-order valence-corrected chi connectivity index (χ0v) is 18.1. The minimum Gasteiger partial charge on any atom is -0.362 e. The fourth-order valence-corrected chi connectivity index (χ4v) is 3.19. The second-order valence-electron chi connectivity index (χ2n) is 7.57. The Kier molecular flexibility index (Phi) is 5.77. The molecule has 162 valence electrons. The van der Waals surface area contributed by atoms with Gasteiger partial charge in [-0.3, -0.25) is 4.79 Å². The minimum absolute atomic E-state index is 0.158. The number of nitriles is 1. The lowest BCUT2D eigenvalue weighted by molar-refractivity contribution is -0.116. The van der Waals surface area contributed by atoms with Crippen LogP contribution in [0.25, 0.3) is 10.5 Å². The number of rotatable bonds is 7. The van der Waals surface area contributed by atoms with Crippen LogP contribution in [0.1, 0.15) is 18.4 Å². The predicted octanol–water partition coefficient (Wildman–Crippen LogP) is 3.02. The number of halogens is 1. The molecule has 4 rings (SSSR count). The summed E-state index contributed by atoms with van der Waals surface area (Å²) in [7, 11) is 3.54. The van der Waals surface area contributed by atoms with Crippen LogP contribution < -0.4 is 16.0 Å². The van der Waals surface area contributed by atoms with Crippen molar-refractivity contribution in [2.24, 2.45) is 0 Å². The lowest BCUT2D eigenvalue weighted by atomic mass is 10.2. The second-order valence-corrected chi connectivity index (χ2v) is 7.95. The lowest BCUT2D eigenvalue weighted by Gasteiger charge is -2.14. The average Bonchev–Trinajstić information content (AvgIpc) is 3.46. The molecule has 0 atom stereocenters. The molecule has 0 radical (unpaired) electrons. The number of carbonyl (C=O) groups is 1. The number of carbonyl (C=O) groups excluding carboxylic acids is 1. The standard InChI is InChI=1S/C20H19ClN10O/c1-23-15-9-24-19-18(25-12-4-5-12)28-20(29-31(15)19)27-14-7-11(8-22)6-13(17(14)21)26-16(32)10-30(2)3/h6-7,9,12H,4-5,10H2,2-3H3,(H,26,32)(H2,25,27,28,29). The normalized spacial score (nSPS) is 12.9. The zero-order chi connectivity index (χ0) is 22.8. The van der Waals surface area contributed by atoms with E-state index in [1.54, 1.807) is 19.0 Å². The number of benzene rings is 1. The molecular weight excluding hydrogens is 432 g/mol. The van der Waals surface area contributed by atoms with Crippen LogP contribution in [0.4, 0.5) is 29.0 Å². The highest BCUT2D eigenvalue weighted by atomic mass is 35.5. The number of amides is 1. The zero-order valence-electron chi connectivity index (χ0n) is 17.3. The molecule has 2 aromatic heterocycles. The largest absolute Gasteiger partial charge is 0.362 e. The summed E-state index contributed by atoms with van der Waals surface area (Å²) in [4.78, 5) is 26.1. The van der Waals surface area contributed by atoms with E-state index in [1.807, 2.05) is 0 Å². The minimum atomic E-state index is -0.272. The van der Waals surface area contributed by atoms with Crippen LogP contribution in [0.3, 0.4) is 0 Å².